The molecule has 1 nitrogen and oxygen atoms in total. The summed E-state index contributed by atoms with van der Waals surface area (Å²) in [6.45, 7) is 7.37. The molecular formula is C15H26O. The Hall–Kier alpha value is -0.0400. The lowest BCUT2D eigenvalue weighted by Gasteiger charge is -2.66. The largest absolute Gasteiger partial charge is 0.393 e. The van der Waals surface area contributed by atoms with Crippen LogP contribution in [0.1, 0.15) is 65.7 Å². The Morgan fingerprint density at radius 2 is 1.56 bits per heavy atom. The highest BCUT2D eigenvalue weighted by Crippen LogP contribution is 2.69. The minimum absolute atomic E-state index is 0.00653. The summed E-state index contributed by atoms with van der Waals surface area (Å²) in [5.74, 6) is 0.601. The number of hydrogen-bond donors (Lipinski definition) is 1. The topological polar surface area (TPSA) is 20.2 Å². The summed E-state index contributed by atoms with van der Waals surface area (Å²) in [5, 5.41) is 10.4. The Kier molecular flexibility index (Phi) is 2.11. The van der Waals surface area contributed by atoms with Crippen molar-refractivity contribution in [2.45, 2.75) is 71.8 Å². The lowest BCUT2D eigenvalue weighted by atomic mass is 9.39. The standard InChI is InChI=1S/C15H26O/c1-13(2)5-4-12(16)11-10-14(3)6-8-15(11,13)9-7-14/h11-12,16H,4-10H2,1-3H3. The zero-order valence-electron chi connectivity index (χ0n) is 11.1. The van der Waals surface area contributed by atoms with Crippen molar-refractivity contribution in [1.82, 2.24) is 0 Å². The molecule has 1 spiro atoms. The van der Waals surface area contributed by atoms with E-state index in [1.165, 1.54) is 38.5 Å². The van der Waals surface area contributed by atoms with Gasteiger partial charge in [-0.1, -0.05) is 20.8 Å². The van der Waals surface area contributed by atoms with Crippen molar-refractivity contribution in [2.24, 2.45) is 22.2 Å². The quantitative estimate of drug-likeness (QED) is 0.662. The van der Waals surface area contributed by atoms with Crippen molar-refractivity contribution in [1.29, 1.82) is 0 Å². The van der Waals surface area contributed by atoms with Crippen molar-refractivity contribution in [3.8, 4) is 0 Å². The van der Waals surface area contributed by atoms with E-state index >= 15 is 0 Å². The van der Waals surface area contributed by atoms with Crippen molar-refractivity contribution < 1.29 is 5.11 Å². The molecule has 1 N–H and O–H groups in total. The second kappa shape index (κ2) is 3.04. The van der Waals surface area contributed by atoms with Crippen molar-refractivity contribution in [2.75, 3.05) is 0 Å². The lowest BCUT2D eigenvalue weighted by Crippen LogP contribution is -2.59. The van der Waals surface area contributed by atoms with Crippen LogP contribution in [-0.2, 0) is 0 Å². The summed E-state index contributed by atoms with van der Waals surface area (Å²) < 4.78 is 0. The first-order chi connectivity index (χ1) is 7.39. The third kappa shape index (κ3) is 1.21. The van der Waals surface area contributed by atoms with Crippen LogP contribution in [0.5, 0.6) is 0 Å². The van der Waals surface area contributed by atoms with Crippen molar-refractivity contribution >= 4 is 0 Å². The van der Waals surface area contributed by atoms with Crippen LogP contribution in [0.15, 0.2) is 0 Å². The van der Waals surface area contributed by atoms with E-state index in [1.54, 1.807) is 0 Å². The molecule has 1 heteroatoms. The molecule has 16 heavy (non-hydrogen) atoms. The SMILES string of the molecule is CC12CCC3(CC1)C(C2)C(O)CCC3(C)C. The van der Waals surface area contributed by atoms with Crippen LogP contribution in [0.4, 0.5) is 0 Å². The van der Waals surface area contributed by atoms with Crippen LogP contribution in [0, 0.1) is 22.2 Å². The molecule has 92 valence electrons. The van der Waals surface area contributed by atoms with Gasteiger partial charge in [0.1, 0.15) is 0 Å². The Bertz CT molecular complexity index is 297. The maximum Gasteiger partial charge on any atom is 0.0574 e. The van der Waals surface area contributed by atoms with Gasteiger partial charge in [0.15, 0.2) is 0 Å². The Morgan fingerprint density at radius 3 is 2.19 bits per heavy atom. The van der Waals surface area contributed by atoms with Gasteiger partial charge in [-0.25, -0.2) is 0 Å². The van der Waals surface area contributed by atoms with E-state index in [0.29, 0.717) is 22.2 Å². The highest BCUT2D eigenvalue weighted by molar-refractivity contribution is 5.11. The van der Waals surface area contributed by atoms with Gasteiger partial charge < -0.3 is 5.11 Å². The van der Waals surface area contributed by atoms with E-state index in [4.69, 9.17) is 0 Å². The van der Waals surface area contributed by atoms with Crippen LogP contribution in [0.3, 0.4) is 0 Å². The van der Waals surface area contributed by atoms with Crippen LogP contribution in [0.2, 0.25) is 0 Å². The summed E-state index contributed by atoms with van der Waals surface area (Å²) in [5.41, 5.74) is 1.49. The van der Waals surface area contributed by atoms with Crippen LogP contribution >= 0.6 is 0 Å². The third-order valence-corrected chi connectivity index (χ3v) is 6.65. The molecule has 4 rings (SSSR count). The second-order valence-electron chi connectivity index (χ2n) is 7.77. The number of hydrogen-bond acceptors (Lipinski definition) is 1. The predicted molar refractivity (Wildman–Crippen MR) is 66.1 cm³/mol. The van der Waals surface area contributed by atoms with E-state index in [2.05, 4.69) is 20.8 Å². The summed E-state index contributed by atoms with van der Waals surface area (Å²) in [6.07, 6.45) is 9.09. The first-order valence-electron chi connectivity index (χ1n) is 7.07. The maximum atomic E-state index is 10.4. The average molecular weight is 222 g/mol. The van der Waals surface area contributed by atoms with Gasteiger partial charge in [-0.3, -0.25) is 0 Å². The van der Waals surface area contributed by atoms with Gasteiger partial charge in [-0.05, 0) is 67.1 Å². The molecule has 2 unspecified atom stereocenters. The molecule has 0 saturated heterocycles. The molecule has 4 saturated carbocycles. The Morgan fingerprint density at radius 1 is 0.938 bits per heavy atom. The fourth-order valence-corrected chi connectivity index (χ4v) is 5.24. The first-order valence-corrected chi connectivity index (χ1v) is 7.07. The fourth-order valence-electron chi connectivity index (χ4n) is 5.24. The summed E-state index contributed by atoms with van der Waals surface area (Å²) in [6, 6.07) is 0. The molecule has 0 amide bonds. The molecule has 4 aliphatic carbocycles. The molecular weight excluding hydrogens is 196 g/mol. The monoisotopic (exact) mass is 222 g/mol. The van der Waals surface area contributed by atoms with E-state index in [-0.39, 0.29) is 6.10 Å². The Balaban J connectivity index is 2.01. The smallest absolute Gasteiger partial charge is 0.0574 e. The molecule has 2 atom stereocenters. The molecule has 4 fully saturated rings. The van der Waals surface area contributed by atoms with E-state index in [0.717, 1.165) is 6.42 Å². The Labute approximate surface area is 99.6 Å². The third-order valence-electron chi connectivity index (χ3n) is 6.65. The first kappa shape index (κ1) is 11.1. The molecule has 4 aliphatic rings. The zero-order valence-corrected chi connectivity index (χ0v) is 11.1. The normalized spacial score (nSPS) is 54.8. The van der Waals surface area contributed by atoms with Gasteiger partial charge in [0.2, 0.25) is 0 Å². The minimum atomic E-state index is -0.00653. The van der Waals surface area contributed by atoms with Gasteiger partial charge in [-0.15, -0.1) is 0 Å². The van der Waals surface area contributed by atoms with Crippen LogP contribution < -0.4 is 0 Å². The average Bonchev–Trinajstić information content (AvgIpc) is 2.24. The van der Waals surface area contributed by atoms with Crippen molar-refractivity contribution in [3.63, 3.8) is 0 Å². The number of aliphatic hydroxyl groups excluding tert-OH is 1. The predicted octanol–water partition coefficient (Wildman–Crippen LogP) is 3.75. The minimum Gasteiger partial charge on any atom is -0.393 e. The van der Waals surface area contributed by atoms with E-state index in [1.807, 2.05) is 0 Å². The second-order valence-corrected chi connectivity index (χ2v) is 7.77. The van der Waals surface area contributed by atoms with E-state index in [9.17, 15) is 5.11 Å². The molecule has 0 aromatic heterocycles. The summed E-state index contributed by atoms with van der Waals surface area (Å²) in [4.78, 5) is 0. The molecule has 0 radical (unpaired) electrons. The van der Waals surface area contributed by atoms with Crippen molar-refractivity contribution in [3.05, 3.63) is 0 Å². The maximum absolute atomic E-state index is 10.4. The van der Waals surface area contributed by atoms with Gasteiger partial charge in [0.25, 0.3) is 0 Å². The van der Waals surface area contributed by atoms with Crippen LogP contribution in [-0.4, -0.2) is 11.2 Å². The number of fused-ring (bicyclic) bond motifs is 2. The summed E-state index contributed by atoms with van der Waals surface area (Å²) in [7, 11) is 0. The number of aliphatic hydroxyl groups is 1. The van der Waals surface area contributed by atoms with Gasteiger partial charge >= 0.3 is 0 Å². The fraction of sp³-hybridized carbons (Fsp3) is 1.00. The molecule has 0 heterocycles. The van der Waals surface area contributed by atoms with Gasteiger partial charge in [0, 0.05) is 0 Å². The summed E-state index contributed by atoms with van der Waals surface area (Å²) >= 11 is 0. The van der Waals surface area contributed by atoms with Gasteiger partial charge in [-0.2, -0.15) is 0 Å². The molecule has 0 aromatic carbocycles. The number of rotatable bonds is 0. The molecule has 0 aromatic rings. The van der Waals surface area contributed by atoms with Gasteiger partial charge in [0.05, 0.1) is 6.10 Å². The van der Waals surface area contributed by atoms with Crippen LogP contribution in [0.25, 0.3) is 0 Å². The molecule has 2 bridgehead atoms. The lowest BCUT2D eigenvalue weighted by molar-refractivity contribution is -0.192. The highest BCUT2D eigenvalue weighted by Gasteiger charge is 2.61. The highest BCUT2D eigenvalue weighted by atomic mass is 16.3. The zero-order chi connectivity index (χ0) is 11.6. The van der Waals surface area contributed by atoms with E-state index < -0.39 is 0 Å². The molecule has 0 aliphatic heterocycles.